The maximum Gasteiger partial charge on any atom is 0.335 e. The van der Waals surface area contributed by atoms with Crippen LogP contribution >= 0.6 is 0 Å². The molecule has 0 saturated carbocycles. The second kappa shape index (κ2) is 20.8. The van der Waals surface area contributed by atoms with Gasteiger partial charge in [0.25, 0.3) is 0 Å². The minimum atomic E-state index is -1.06. The fourth-order valence-corrected chi connectivity index (χ4v) is 6.74. The molecule has 0 radical (unpaired) electrons. The van der Waals surface area contributed by atoms with E-state index in [1.165, 1.54) is 51.9 Å². The summed E-state index contributed by atoms with van der Waals surface area (Å²) in [5, 5.41) is 35.1. The van der Waals surface area contributed by atoms with E-state index in [1.54, 1.807) is 0 Å². The molecule has 2 aliphatic rings. The Kier molecular flexibility index (Phi) is 16.6. The van der Waals surface area contributed by atoms with Gasteiger partial charge in [-0.25, -0.2) is 9.59 Å². The van der Waals surface area contributed by atoms with E-state index in [0.717, 1.165) is 77.4 Å². The van der Waals surface area contributed by atoms with Crippen molar-refractivity contribution in [1.29, 1.82) is 0 Å². The lowest BCUT2D eigenvalue weighted by Crippen LogP contribution is -2.47. The van der Waals surface area contributed by atoms with Gasteiger partial charge in [0.15, 0.2) is 0 Å². The molecule has 0 spiro atoms. The molecule has 2 aromatic carbocycles. The number of nitrogens with zero attached hydrogens (tertiary/aromatic N) is 2. The van der Waals surface area contributed by atoms with Gasteiger partial charge < -0.3 is 30.3 Å². The number of amides is 1. The van der Waals surface area contributed by atoms with E-state index in [9.17, 15) is 24.0 Å². The van der Waals surface area contributed by atoms with Gasteiger partial charge in [-0.1, -0.05) is 56.7 Å². The summed E-state index contributed by atoms with van der Waals surface area (Å²) in [7, 11) is 2.15. The molecule has 12 heteroatoms. The lowest BCUT2D eigenvalue weighted by molar-refractivity contribution is -0.138. The van der Waals surface area contributed by atoms with Crippen molar-refractivity contribution < 1.29 is 44.4 Å². The molecule has 3 aromatic rings. The van der Waals surface area contributed by atoms with Gasteiger partial charge in [-0.3, -0.25) is 19.3 Å². The second-order valence-electron chi connectivity index (χ2n) is 13.2. The van der Waals surface area contributed by atoms with Crippen LogP contribution in [0.3, 0.4) is 0 Å². The average molecular weight is 720 g/mol. The zero-order valence-corrected chi connectivity index (χ0v) is 30.5. The van der Waals surface area contributed by atoms with Crippen LogP contribution in [0.2, 0.25) is 0 Å². The Balaban J connectivity index is 0.000000227. The van der Waals surface area contributed by atoms with E-state index in [4.69, 9.17) is 20.4 Å². The zero-order valence-electron chi connectivity index (χ0n) is 30.5. The Bertz CT molecular complexity index is 1640. The highest BCUT2D eigenvalue weighted by Crippen LogP contribution is 2.41. The second-order valence-corrected chi connectivity index (χ2v) is 13.2. The van der Waals surface area contributed by atoms with Crippen molar-refractivity contribution in [2.75, 3.05) is 26.7 Å². The number of aliphatic carboxylic acids is 2. The predicted octanol–water partition coefficient (Wildman–Crippen LogP) is 7.05. The van der Waals surface area contributed by atoms with Crippen LogP contribution in [-0.4, -0.2) is 97.7 Å². The first-order chi connectivity index (χ1) is 24.9. The minimum absolute atomic E-state index is 0.0445. The lowest BCUT2D eigenvalue weighted by Gasteiger charge is -2.40. The van der Waals surface area contributed by atoms with Crippen molar-refractivity contribution >= 4 is 46.3 Å². The highest BCUT2D eigenvalue weighted by Gasteiger charge is 2.36. The number of H-pyrrole nitrogens is 1. The SMILES string of the molecule is CCN(CC)C(=O)[C@@H]1C=C2c3cccc4[nH]cc(c34)C[C@H]2N(C)C1.O=C(O)CCCCCCCCCCC(=O)O.O=C(O)c1ccc(C(=O)O)cc1. The first-order valence-corrected chi connectivity index (χ1v) is 18.2. The van der Waals surface area contributed by atoms with Gasteiger partial charge in [0.1, 0.15) is 0 Å². The number of likely N-dealkylation sites (N-methyl/N-ethyl adjacent to an activating group) is 1. The Morgan fingerprint density at radius 1 is 0.750 bits per heavy atom. The maximum absolute atomic E-state index is 12.9. The van der Waals surface area contributed by atoms with Gasteiger partial charge >= 0.3 is 23.9 Å². The lowest BCUT2D eigenvalue weighted by atomic mass is 9.79. The van der Waals surface area contributed by atoms with Gasteiger partial charge in [0.05, 0.1) is 17.0 Å². The molecule has 1 aliphatic heterocycles. The van der Waals surface area contributed by atoms with Crippen LogP contribution in [0.4, 0.5) is 0 Å². The Labute approximate surface area is 305 Å². The van der Waals surface area contributed by atoms with E-state index in [-0.39, 0.29) is 35.8 Å². The summed E-state index contributed by atoms with van der Waals surface area (Å²) in [6.45, 7) is 6.47. The van der Waals surface area contributed by atoms with Crippen molar-refractivity contribution in [3.8, 4) is 0 Å². The van der Waals surface area contributed by atoms with Crippen molar-refractivity contribution in [2.24, 2.45) is 5.92 Å². The molecule has 2 heterocycles. The number of carboxylic acid groups (broad SMARTS) is 4. The van der Waals surface area contributed by atoms with Crippen molar-refractivity contribution in [3.05, 3.63) is 77.0 Å². The fraction of sp³-hybridized carbons (Fsp3) is 0.475. The third-order valence-corrected chi connectivity index (χ3v) is 9.57. The Morgan fingerprint density at radius 2 is 1.25 bits per heavy atom. The fourth-order valence-electron chi connectivity index (χ4n) is 6.74. The zero-order chi connectivity index (χ0) is 38.2. The summed E-state index contributed by atoms with van der Waals surface area (Å²) < 4.78 is 0. The van der Waals surface area contributed by atoms with Crippen LogP contribution in [0.15, 0.2) is 54.7 Å². The van der Waals surface area contributed by atoms with E-state index < -0.39 is 23.9 Å². The molecule has 0 bridgehead atoms. The monoisotopic (exact) mass is 719 g/mol. The van der Waals surface area contributed by atoms with Crippen LogP contribution in [0.5, 0.6) is 0 Å². The third-order valence-electron chi connectivity index (χ3n) is 9.57. The van der Waals surface area contributed by atoms with Crippen LogP contribution in [0.25, 0.3) is 16.5 Å². The van der Waals surface area contributed by atoms with Gasteiger partial charge in [-0.2, -0.15) is 0 Å². The van der Waals surface area contributed by atoms with E-state index >= 15 is 0 Å². The number of carbonyl (C=O) groups excluding carboxylic acids is 1. The third kappa shape index (κ3) is 12.1. The molecule has 282 valence electrons. The number of hydrogen-bond donors (Lipinski definition) is 5. The molecule has 0 saturated heterocycles. The number of aromatic nitrogens is 1. The smallest absolute Gasteiger partial charge is 0.335 e. The van der Waals surface area contributed by atoms with Crippen molar-refractivity contribution in [2.45, 2.75) is 90.5 Å². The Morgan fingerprint density at radius 3 is 1.71 bits per heavy atom. The molecular weight excluding hydrogens is 666 g/mol. The maximum atomic E-state index is 12.9. The number of hydrogen-bond acceptors (Lipinski definition) is 6. The summed E-state index contributed by atoms with van der Waals surface area (Å²) >= 11 is 0. The quantitative estimate of drug-likeness (QED) is 0.0960. The summed E-state index contributed by atoms with van der Waals surface area (Å²) in [6, 6.07) is 11.8. The normalized spacial score (nSPS) is 15.9. The number of fused-ring (bicyclic) bond motifs is 2. The highest BCUT2D eigenvalue weighted by atomic mass is 16.4. The summed E-state index contributed by atoms with van der Waals surface area (Å²) in [4.78, 5) is 61.7. The number of benzene rings is 2. The first-order valence-electron chi connectivity index (χ1n) is 18.2. The number of aromatic carboxylic acids is 2. The van der Waals surface area contributed by atoms with Crippen LogP contribution < -0.4 is 0 Å². The van der Waals surface area contributed by atoms with Crippen molar-refractivity contribution in [1.82, 2.24) is 14.8 Å². The molecule has 0 fully saturated rings. The van der Waals surface area contributed by atoms with Gasteiger partial charge in [0, 0.05) is 55.6 Å². The average Bonchev–Trinajstić information content (AvgIpc) is 3.54. The number of carboxylic acids is 4. The summed E-state index contributed by atoms with van der Waals surface area (Å²) in [5.74, 6) is -3.34. The molecule has 5 N–H and O–H groups in total. The molecule has 2 atom stereocenters. The highest BCUT2D eigenvalue weighted by molar-refractivity contribution is 5.99. The number of rotatable bonds is 16. The number of aromatic amines is 1. The standard InChI is InChI=1S/C20H25N3O.C12H22O4.C8H6O4/c1-4-23(5-2)20(24)14-9-16-15-7-6-8-17-19(15)13(11-21-17)10-18(16)22(3)12-14;13-11(14)9-7-5-3-1-2-4-6-8-10-12(15)16;9-7(10)5-1-2-6(4-3-5)8(11)12/h6-9,11,14,18,21H,4-5,10,12H2,1-3H3;1-10H2,(H,13,14)(H,15,16);1-4H,(H,9,10)(H,11,12)/t14-,18-;;/m1../s1. The van der Waals surface area contributed by atoms with E-state index in [2.05, 4.69) is 61.3 Å². The Hall–Kier alpha value is -4.97. The number of nitrogens with one attached hydrogen (secondary N) is 1. The molecule has 1 aromatic heterocycles. The topological polar surface area (TPSA) is 189 Å². The molecule has 5 rings (SSSR count). The predicted molar refractivity (Wildman–Crippen MR) is 200 cm³/mol. The van der Waals surface area contributed by atoms with E-state index in [0.29, 0.717) is 6.04 Å². The molecule has 1 aliphatic carbocycles. The number of carbonyl (C=O) groups is 5. The molecule has 1 amide bonds. The van der Waals surface area contributed by atoms with Crippen LogP contribution in [0, 0.1) is 5.92 Å². The van der Waals surface area contributed by atoms with Crippen LogP contribution in [0.1, 0.15) is 110 Å². The first kappa shape index (κ1) is 41.5. The molecule has 52 heavy (non-hydrogen) atoms. The molecule has 0 unspecified atom stereocenters. The minimum Gasteiger partial charge on any atom is -0.481 e. The molecular formula is C40H53N3O9. The van der Waals surface area contributed by atoms with Gasteiger partial charge in [-0.05, 0) is 87.2 Å². The molecule has 12 nitrogen and oxygen atoms in total. The summed E-state index contributed by atoms with van der Waals surface area (Å²) in [6.07, 6.45) is 13.9. The summed E-state index contributed by atoms with van der Waals surface area (Å²) in [5.41, 5.74) is 5.38. The van der Waals surface area contributed by atoms with E-state index in [1.807, 2.05) is 4.90 Å². The van der Waals surface area contributed by atoms with Crippen molar-refractivity contribution in [3.63, 3.8) is 0 Å². The van der Waals surface area contributed by atoms with Gasteiger partial charge in [-0.15, -0.1) is 0 Å². The van der Waals surface area contributed by atoms with Crippen LogP contribution in [-0.2, 0) is 20.8 Å². The largest absolute Gasteiger partial charge is 0.481 e. The van der Waals surface area contributed by atoms with Gasteiger partial charge in [0.2, 0.25) is 5.91 Å². The number of unbranched alkanes of at least 4 members (excludes halogenated alkanes) is 7.